The van der Waals surface area contributed by atoms with Gasteiger partial charge in [-0.2, -0.15) is 0 Å². The van der Waals surface area contributed by atoms with Crippen molar-refractivity contribution >= 4 is 28.0 Å². The first-order valence-electron chi connectivity index (χ1n) is 4.93. The van der Waals surface area contributed by atoms with E-state index in [4.69, 9.17) is 0 Å². The summed E-state index contributed by atoms with van der Waals surface area (Å²) in [5, 5.41) is 0. The first kappa shape index (κ1) is 14.2. The normalized spacial score (nSPS) is 10.8. The Balaban J connectivity index is 3.42. The summed E-state index contributed by atoms with van der Waals surface area (Å²) in [6, 6.07) is 4.07. The summed E-state index contributed by atoms with van der Waals surface area (Å²) in [5.74, 6) is -0.890. The number of rotatable bonds is 4. The zero-order chi connectivity index (χ0) is 13.9. The number of sulfone groups is 1. The molecule has 1 aromatic carbocycles. The van der Waals surface area contributed by atoms with Crippen molar-refractivity contribution in [2.24, 2.45) is 0 Å². The van der Waals surface area contributed by atoms with Gasteiger partial charge in [-0.25, -0.2) is 13.2 Å². The number of anilines is 1. The second-order valence-corrected chi connectivity index (χ2v) is 5.86. The fourth-order valence-corrected chi connectivity index (χ4v) is 2.05. The predicted molar refractivity (Wildman–Crippen MR) is 65.4 cm³/mol. The van der Waals surface area contributed by atoms with Crippen LogP contribution in [0.3, 0.4) is 0 Å². The van der Waals surface area contributed by atoms with Crippen LogP contribution in [-0.4, -0.2) is 41.2 Å². The SMILES string of the molecule is CN(C)c1ccc(S(C)(=O)=O)cc1C(=O)OC=O. The standard InChI is InChI=1S/C11H13NO5S/c1-12(2)10-5-4-8(18(3,15)16)6-9(10)11(14)17-7-13/h4-7H,1-3H3. The third-order valence-electron chi connectivity index (χ3n) is 2.25. The van der Waals surface area contributed by atoms with Gasteiger partial charge in [-0.1, -0.05) is 0 Å². The highest BCUT2D eigenvalue weighted by Gasteiger charge is 2.18. The molecule has 0 fully saturated rings. The molecule has 1 rings (SSSR count). The predicted octanol–water partition coefficient (Wildman–Crippen LogP) is 0.469. The van der Waals surface area contributed by atoms with Crippen molar-refractivity contribution in [3.05, 3.63) is 23.8 Å². The van der Waals surface area contributed by atoms with E-state index in [1.54, 1.807) is 19.0 Å². The molecule has 0 aliphatic heterocycles. The Morgan fingerprint density at radius 2 is 1.94 bits per heavy atom. The van der Waals surface area contributed by atoms with Crippen molar-refractivity contribution in [1.82, 2.24) is 0 Å². The summed E-state index contributed by atoms with van der Waals surface area (Å²) >= 11 is 0. The highest BCUT2D eigenvalue weighted by atomic mass is 32.2. The van der Waals surface area contributed by atoms with Gasteiger partial charge in [0.25, 0.3) is 0 Å². The lowest BCUT2D eigenvalue weighted by atomic mass is 10.1. The molecule has 0 radical (unpaired) electrons. The molecular formula is C11H13NO5S. The second-order valence-electron chi connectivity index (χ2n) is 3.85. The minimum Gasteiger partial charge on any atom is -0.392 e. The zero-order valence-corrected chi connectivity index (χ0v) is 11.0. The molecule has 0 saturated carbocycles. The van der Waals surface area contributed by atoms with Gasteiger partial charge in [-0.3, -0.25) is 4.79 Å². The maximum absolute atomic E-state index is 11.6. The van der Waals surface area contributed by atoms with Crippen LogP contribution in [0.5, 0.6) is 0 Å². The molecule has 0 aliphatic carbocycles. The van der Waals surface area contributed by atoms with E-state index in [9.17, 15) is 18.0 Å². The Morgan fingerprint density at radius 3 is 2.39 bits per heavy atom. The molecule has 0 unspecified atom stereocenters. The maximum Gasteiger partial charge on any atom is 0.347 e. The Morgan fingerprint density at radius 1 is 1.33 bits per heavy atom. The van der Waals surface area contributed by atoms with Gasteiger partial charge in [0.05, 0.1) is 16.1 Å². The van der Waals surface area contributed by atoms with Crippen LogP contribution < -0.4 is 4.90 Å². The van der Waals surface area contributed by atoms with Crippen LogP contribution in [0.1, 0.15) is 10.4 Å². The van der Waals surface area contributed by atoms with Crippen LogP contribution in [0.2, 0.25) is 0 Å². The van der Waals surface area contributed by atoms with Crippen LogP contribution in [0.4, 0.5) is 5.69 Å². The first-order chi connectivity index (χ1) is 8.27. The summed E-state index contributed by atoms with van der Waals surface area (Å²) in [5.41, 5.74) is 0.490. The molecule has 0 heterocycles. The summed E-state index contributed by atoms with van der Waals surface area (Å²) < 4.78 is 27.1. The van der Waals surface area contributed by atoms with Crippen molar-refractivity contribution in [3.63, 3.8) is 0 Å². The van der Waals surface area contributed by atoms with E-state index in [-0.39, 0.29) is 16.9 Å². The Bertz CT molecular complexity index is 577. The van der Waals surface area contributed by atoms with Crippen molar-refractivity contribution in [1.29, 1.82) is 0 Å². The van der Waals surface area contributed by atoms with Crippen LogP contribution in [0.25, 0.3) is 0 Å². The lowest BCUT2D eigenvalue weighted by molar-refractivity contribution is -0.123. The molecule has 0 atom stereocenters. The topological polar surface area (TPSA) is 80.8 Å². The highest BCUT2D eigenvalue weighted by Crippen LogP contribution is 2.23. The van der Waals surface area contributed by atoms with E-state index in [0.717, 1.165) is 6.26 Å². The van der Waals surface area contributed by atoms with E-state index in [1.165, 1.54) is 18.2 Å². The number of carbonyl (C=O) groups excluding carboxylic acids is 2. The molecule has 0 spiro atoms. The number of nitrogens with zero attached hydrogens (tertiary/aromatic N) is 1. The van der Waals surface area contributed by atoms with Gasteiger partial charge in [0.2, 0.25) is 0 Å². The van der Waals surface area contributed by atoms with Crippen LogP contribution >= 0.6 is 0 Å². The molecule has 0 aliphatic rings. The Kier molecular flexibility index (Phi) is 4.07. The molecule has 7 heteroatoms. The quantitative estimate of drug-likeness (QED) is 0.450. The highest BCUT2D eigenvalue weighted by molar-refractivity contribution is 7.90. The number of esters is 1. The fourth-order valence-electron chi connectivity index (χ4n) is 1.41. The smallest absolute Gasteiger partial charge is 0.347 e. The Hall–Kier alpha value is -1.89. The van der Waals surface area contributed by atoms with Crippen molar-refractivity contribution in [3.8, 4) is 0 Å². The van der Waals surface area contributed by atoms with Crippen LogP contribution in [0, 0.1) is 0 Å². The van der Waals surface area contributed by atoms with Gasteiger partial charge in [0, 0.05) is 20.4 Å². The van der Waals surface area contributed by atoms with Gasteiger partial charge in [0.1, 0.15) is 0 Å². The zero-order valence-electron chi connectivity index (χ0n) is 10.2. The molecule has 6 nitrogen and oxygen atoms in total. The summed E-state index contributed by atoms with van der Waals surface area (Å²) in [4.78, 5) is 23.4. The van der Waals surface area contributed by atoms with Gasteiger partial charge >= 0.3 is 12.4 Å². The largest absolute Gasteiger partial charge is 0.392 e. The van der Waals surface area contributed by atoms with E-state index in [2.05, 4.69) is 4.74 Å². The van der Waals surface area contributed by atoms with Gasteiger partial charge in [-0.05, 0) is 18.2 Å². The number of hydrogen-bond acceptors (Lipinski definition) is 6. The monoisotopic (exact) mass is 271 g/mol. The molecule has 18 heavy (non-hydrogen) atoms. The van der Waals surface area contributed by atoms with E-state index < -0.39 is 15.8 Å². The lowest BCUT2D eigenvalue weighted by Gasteiger charge is -2.16. The molecule has 0 amide bonds. The third-order valence-corrected chi connectivity index (χ3v) is 3.36. The average molecular weight is 271 g/mol. The minimum atomic E-state index is -3.43. The van der Waals surface area contributed by atoms with Crippen molar-refractivity contribution in [2.75, 3.05) is 25.3 Å². The molecule has 0 aromatic heterocycles. The first-order valence-corrected chi connectivity index (χ1v) is 6.82. The number of ether oxygens (including phenoxy) is 1. The Labute approximate surface area is 105 Å². The number of carbonyl (C=O) groups is 2. The average Bonchev–Trinajstić information content (AvgIpc) is 2.27. The van der Waals surface area contributed by atoms with E-state index in [0.29, 0.717) is 5.69 Å². The van der Waals surface area contributed by atoms with E-state index >= 15 is 0 Å². The maximum atomic E-state index is 11.6. The van der Waals surface area contributed by atoms with Crippen LogP contribution in [0.15, 0.2) is 23.1 Å². The molecular weight excluding hydrogens is 258 g/mol. The van der Waals surface area contributed by atoms with Crippen molar-refractivity contribution in [2.45, 2.75) is 4.90 Å². The van der Waals surface area contributed by atoms with Crippen molar-refractivity contribution < 1.29 is 22.7 Å². The van der Waals surface area contributed by atoms with Crippen LogP contribution in [-0.2, 0) is 19.4 Å². The minimum absolute atomic E-state index is 0.00838. The molecule has 0 bridgehead atoms. The van der Waals surface area contributed by atoms with E-state index in [1.807, 2.05) is 0 Å². The summed E-state index contributed by atoms with van der Waals surface area (Å²) in [7, 11) is -0.0556. The molecule has 0 saturated heterocycles. The third kappa shape index (κ3) is 3.07. The van der Waals surface area contributed by atoms with Gasteiger partial charge < -0.3 is 9.64 Å². The summed E-state index contributed by atoms with van der Waals surface area (Å²) in [6.07, 6.45) is 1.03. The molecule has 98 valence electrons. The number of hydrogen-bond donors (Lipinski definition) is 0. The van der Waals surface area contributed by atoms with Gasteiger partial charge in [0.15, 0.2) is 9.84 Å². The van der Waals surface area contributed by atoms with Gasteiger partial charge in [-0.15, -0.1) is 0 Å². The molecule has 1 aromatic rings. The second kappa shape index (κ2) is 5.18. The molecule has 0 N–H and O–H groups in total. The fraction of sp³-hybridized carbons (Fsp3) is 0.273. The summed E-state index contributed by atoms with van der Waals surface area (Å²) in [6.45, 7) is 0.00882. The number of benzene rings is 1. The lowest BCUT2D eigenvalue weighted by Crippen LogP contribution is -2.16.